The summed E-state index contributed by atoms with van der Waals surface area (Å²) in [4.78, 5) is 0. The van der Waals surface area contributed by atoms with E-state index in [-0.39, 0.29) is 6.04 Å². The van der Waals surface area contributed by atoms with Crippen LogP contribution in [-0.4, -0.2) is 8.07 Å². The molecule has 0 heterocycles. The summed E-state index contributed by atoms with van der Waals surface area (Å²) in [7, 11) is -4.58. The molecule has 0 radical (unpaired) electrons. The molecule has 0 fully saturated rings. The topological polar surface area (TPSA) is 29.1 Å². The quantitative estimate of drug-likeness (QED) is 0.276. The third-order valence-corrected chi connectivity index (χ3v) is 8.52. The van der Waals surface area contributed by atoms with Gasteiger partial charge in [0.25, 0.3) is 0 Å². The van der Waals surface area contributed by atoms with Crippen molar-refractivity contribution in [2.45, 2.75) is 32.1 Å². The molecule has 0 aromatic heterocycles. The predicted molar refractivity (Wildman–Crippen MR) is 133 cm³/mol. The number of hydrogen-bond acceptors (Lipinski definition) is 1. The van der Waals surface area contributed by atoms with E-state index in [4.69, 9.17) is 11.6 Å². The van der Waals surface area contributed by atoms with Gasteiger partial charge in [-0.2, -0.15) is 0 Å². The van der Waals surface area contributed by atoms with Crippen molar-refractivity contribution in [3.8, 4) is 11.5 Å². The van der Waals surface area contributed by atoms with Crippen LogP contribution < -0.4 is 15.7 Å². The molecule has 30 heavy (non-hydrogen) atoms. The second-order valence-corrected chi connectivity index (χ2v) is 16.0. The van der Waals surface area contributed by atoms with Crippen molar-refractivity contribution in [2.75, 3.05) is 0 Å². The SMILES string of the molecule is C[Si](C)(C)C#CC[C@H](NP(=O)(c1ccccc1)c1ccccc1)c1ccc(Cl)cc1. The molecule has 0 spiro atoms. The summed E-state index contributed by atoms with van der Waals surface area (Å²) < 4.78 is 14.5. The number of nitrogens with one attached hydrogen (secondary N) is 1. The van der Waals surface area contributed by atoms with Crippen LogP contribution in [0.25, 0.3) is 0 Å². The number of hydrogen-bond donors (Lipinski definition) is 1. The molecule has 0 amide bonds. The lowest BCUT2D eigenvalue weighted by atomic mass is 10.1. The molecule has 0 saturated heterocycles. The van der Waals surface area contributed by atoms with E-state index >= 15 is 0 Å². The lowest BCUT2D eigenvalue weighted by Gasteiger charge is -2.26. The van der Waals surface area contributed by atoms with E-state index in [0.717, 1.165) is 16.2 Å². The molecular weight excluding hydrogens is 425 g/mol. The van der Waals surface area contributed by atoms with E-state index in [2.05, 4.69) is 36.2 Å². The van der Waals surface area contributed by atoms with Crippen LogP contribution in [0.2, 0.25) is 24.7 Å². The van der Waals surface area contributed by atoms with Crippen LogP contribution >= 0.6 is 18.9 Å². The van der Waals surface area contributed by atoms with Gasteiger partial charge in [0, 0.05) is 28.1 Å². The van der Waals surface area contributed by atoms with Gasteiger partial charge >= 0.3 is 0 Å². The Kier molecular flexibility index (Phi) is 7.39. The molecule has 0 aliphatic heterocycles. The number of rotatable bonds is 6. The maximum absolute atomic E-state index is 14.5. The van der Waals surface area contributed by atoms with E-state index in [1.54, 1.807) is 0 Å². The van der Waals surface area contributed by atoms with Crippen LogP contribution in [0.15, 0.2) is 84.9 Å². The first-order valence-electron chi connectivity index (χ1n) is 10.0. The number of benzene rings is 3. The zero-order valence-corrected chi connectivity index (χ0v) is 20.3. The highest BCUT2D eigenvalue weighted by Crippen LogP contribution is 2.42. The summed E-state index contributed by atoms with van der Waals surface area (Å²) in [6.45, 7) is 6.68. The summed E-state index contributed by atoms with van der Waals surface area (Å²) in [5.74, 6) is 3.36. The largest absolute Gasteiger partial charge is 0.297 e. The van der Waals surface area contributed by atoms with Crippen molar-refractivity contribution in [3.63, 3.8) is 0 Å². The molecule has 3 aromatic carbocycles. The summed E-state index contributed by atoms with van der Waals surface area (Å²) in [6.07, 6.45) is 0.579. The molecule has 0 aliphatic rings. The molecule has 5 heteroatoms. The van der Waals surface area contributed by atoms with Gasteiger partial charge < -0.3 is 0 Å². The Morgan fingerprint density at radius 2 is 1.37 bits per heavy atom. The first kappa shape index (κ1) is 22.6. The van der Waals surface area contributed by atoms with Crippen molar-refractivity contribution in [1.82, 2.24) is 5.09 Å². The Morgan fingerprint density at radius 3 is 1.83 bits per heavy atom. The molecule has 0 bridgehead atoms. The summed E-state index contributed by atoms with van der Waals surface area (Å²) in [5, 5.41) is 5.76. The molecule has 2 nitrogen and oxygen atoms in total. The summed E-state index contributed by atoms with van der Waals surface area (Å²) in [6, 6.07) is 26.8. The van der Waals surface area contributed by atoms with E-state index in [0.29, 0.717) is 11.4 Å². The lowest BCUT2D eigenvalue weighted by Crippen LogP contribution is -2.30. The standard InChI is InChI=1S/C25H27ClNOPSi/c1-30(2,3)20-10-15-25(21-16-18-22(26)19-17-21)27-29(28,23-11-6-4-7-12-23)24-13-8-5-9-14-24/h4-9,11-14,16-19,25H,15H2,1-3H3,(H,27,28)/t25-/m0/s1. The zero-order valence-electron chi connectivity index (χ0n) is 17.6. The molecule has 3 aromatic rings. The van der Waals surface area contributed by atoms with Crippen molar-refractivity contribution in [3.05, 3.63) is 95.5 Å². The van der Waals surface area contributed by atoms with Gasteiger partial charge in [0.15, 0.2) is 0 Å². The molecule has 0 aliphatic carbocycles. The van der Waals surface area contributed by atoms with Gasteiger partial charge in [-0.15, -0.1) is 11.5 Å². The fourth-order valence-electron chi connectivity index (χ4n) is 3.14. The first-order chi connectivity index (χ1) is 14.3. The van der Waals surface area contributed by atoms with Gasteiger partial charge in [-0.25, -0.2) is 0 Å². The molecular formula is C25H27ClNOPSi. The smallest absolute Gasteiger partial charge is 0.205 e. The second kappa shape index (κ2) is 9.82. The Labute approximate surface area is 186 Å². The Hall–Kier alpha value is -2.08. The molecule has 3 rings (SSSR count). The van der Waals surface area contributed by atoms with Crippen molar-refractivity contribution < 1.29 is 4.57 Å². The van der Waals surface area contributed by atoms with Crippen LogP contribution in [-0.2, 0) is 4.57 Å². The highest BCUT2D eigenvalue weighted by molar-refractivity contribution is 7.76. The minimum Gasteiger partial charge on any atom is -0.297 e. The predicted octanol–water partition coefficient (Wildman–Crippen LogP) is 6.17. The van der Waals surface area contributed by atoms with Crippen LogP contribution in [0.1, 0.15) is 18.0 Å². The van der Waals surface area contributed by atoms with Gasteiger partial charge in [-0.1, -0.05) is 79.8 Å². The minimum absolute atomic E-state index is 0.183. The van der Waals surface area contributed by atoms with Gasteiger partial charge in [-0.3, -0.25) is 9.65 Å². The average molecular weight is 452 g/mol. The summed E-state index contributed by atoms with van der Waals surface area (Å²) in [5.41, 5.74) is 4.46. The van der Waals surface area contributed by atoms with Gasteiger partial charge in [0.05, 0.1) is 0 Å². The number of halogens is 1. The third-order valence-electron chi connectivity index (χ3n) is 4.62. The monoisotopic (exact) mass is 451 g/mol. The maximum atomic E-state index is 14.5. The minimum atomic E-state index is -3.08. The van der Waals surface area contributed by atoms with E-state index in [9.17, 15) is 4.57 Å². The van der Waals surface area contributed by atoms with E-state index < -0.39 is 15.4 Å². The highest BCUT2D eigenvalue weighted by atomic mass is 35.5. The van der Waals surface area contributed by atoms with E-state index in [1.165, 1.54) is 0 Å². The van der Waals surface area contributed by atoms with Gasteiger partial charge in [0.1, 0.15) is 8.07 Å². The van der Waals surface area contributed by atoms with Crippen LogP contribution in [0.5, 0.6) is 0 Å². The molecule has 154 valence electrons. The van der Waals surface area contributed by atoms with Gasteiger partial charge in [0.2, 0.25) is 7.29 Å². The maximum Gasteiger partial charge on any atom is 0.205 e. The zero-order chi connectivity index (χ0) is 21.6. The lowest BCUT2D eigenvalue weighted by molar-refractivity contribution is 0.563. The van der Waals surface area contributed by atoms with Crippen LogP contribution in [0.4, 0.5) is 0 Å². The van der Waals surface area contributed by atoms with Crippen molar-refractivity contribution >= 4 is 37.6 Å². The molecule has 0 unspecified atom stereocenters. The molecule has 1 atom stereocenters. The van der Waals surface area contributed by atoms with Crippen LogP contribution in [0.3, 0.4) is 0 Å². The van der Waals surface area contributed by atoms with E-state index in [1.807, 2.05) is 84.9 Å². The van der Waals surface area contributed by atoms with Crippen molar-refractivity contribution in [1.29, 1.82) is 0 Å². The third kappa shape index (κ3) is 5.97. The molecule has 0 saturated carbocycles. The highest BCUT2D eigenvalue weighted by Gasteiger charge is 2.30. The van der Waals surface area contributed by atoms with Crippen LogP contribution in [0, 0.1) is 11.5 Å². The Bertz CT molecular complexity index is 1020. The van der Waals surface area contributed by atoms with Gasteiger partial charge in [-0.05, 0) is 42.0 Å². The summed E-state index contributed by atoms with van der Waals surface area (Å²) >= 11 is 6.11. The fourth-order valence-corrected chi connectivity index (χ4v) is 6.36. The molecule has 1 N–H and O–H groups in total. The normalized spacial score (nSPS) is 12.7. The second-order valence-electron chi connectivity index (χ2n) is 8.27. The van der Waals surface area contributed by atoms with Crippen molar-refractivity contribution in [2.24, 2.45) is 0 Å². The Balaban J connectivity index is 2.05. The average Bonchev–Trinajstić information content (AvgIpc) is 2.74. The fraction of sp³-hybridized carbons (Fsp3) is 0.200. The first-order valence-corrected chi connectivity index (χ1v) is 15.6. The Morgan fingerprint density at radius 1 is 0.867 bits per heavy atom.